The van der Waals surface area contributed by atoms with Crippen molar-refractivity contribution in [1.82, 2.24) is 4.90 Å². The van der Waals surface area contributed by atoms with Gasteiger partial charge in [-0.3, -0.25) is 4.90 Å². The number of unbranched alkanes of at least 4 members (excludes halogenated alkanes) is 2. The van der Waals surface area contributed by atoms with Gasteiger partial charge in [-0.15, -0.1) is 0 Å². The number of carbonyl (C=O) groups is 1. The number of carbonyl (C=O) groups excluding carboxylic acids is 1. The summed E-state index contributed by atoms with van der Waals surface area (Å²) in [6.45, 7) is 7.11. The zero-order valence-corrected chi connectivity index (χ0v) is 13.3. The highest BCUT2D eigenvalue weighted by Gasteiger charge is 2.13. The Morgan fingerprint density at radius 2 is 1.81 bits per heavy atom. The van der Waals surface area contributed by atoms with Gasteiger partial charge in [-0.05, 0) is 43.6 Å². The summed E-state index contributed by atoms with van der Waals surface area (Å²) in [7, 11) is 1.26. The number of benzene rings is 1. The van der Waals surface area contributed by atoms with E-state index in [0.717, 1.165) is 50.9 Å². The van der Waals surface area contributed by atoms with Gasteiger partial charge in [0.15, 0.2) is 0 Å². The summed E-state index contributed by atoms with van der Waals surface area (Å²) in [4.78, 5) is 13.7. The van der Waals surface area contributed by atoms with Crippen LogP contribution in [0.1, 0.15) is 55.5 Å². The smallest absolute Gasteiger partial charge is 0.340 e. The fraction of sp³-hybridized carbons (Fsp3) is 0.588. The minimum absolute atomic E-state index is 0.00471. The Hall–Kier alpha value is -1.42. The molecule has 0 spiro atoms. The topological polar surface area (TPSA) is 29.5 Å². The van der Waals surface area contributed by atoms with Gasteiger partial charge in [0.05, 0.1) is 12.7 Å². The second-order valence-corrected chi connectivity index (χ2v) is 5.29. The maximum absolute atomic E-state index is 13.9. The van der Waals surface area contributed by atoms with Crippen LogP contribution in [0, 0.1) is 5.82 Å². The van der Waals surface area contributed by atoms with E-state index in [-0.39, 0.29) is 5.56 Å². The summed E-state index contributed by atoms with van der Waals surface area (Å²) < 4.78 is 18.5. The van der Waals surface area contributed by atoms with Crippen LogP contribution < -0.4 is 0 Å². The highest BCUT2D eigenvalue weighted by Crippen LogP contribution is 2.14. The Morgan fingerprint density at radius 3 is 2.29 bits per heavy atom. The zero-order valence-electron chi connectivity index (χ0n) is 13.3. The lowest BCUT2D eigenvalue weighted by Crippen LogP contribution is -2.25. The monoisotopic (exact) mass is 295 g/mol. The van der Waals surface area contributed by atoms with Gasteiger partial charge < -0.3 is 4.74 Å². The standard InChI is InChI=1S/C17H26FNO2/c1-4-6-10-19(11-7-5-2)13-14-8-9-15(16(18)12-14)17(20)21-3/h8-9,12H,4-7,10-11,13H2,1-3H3. The van der Waals surface area contributed by atoms with Crippen molar-refractivity contribution in [3.05, 3.63) is 35.1 Å². The van der Waals surface area contributed by atoms with Crippen LogP contribution in [-0.4, -0.2) is 31.1 Å². The molecule has 0 saturated heterocycles. The summed E-state index contributed by atoms with van der Waals surface area (Å²) >= 11 is 0. The van der Waals surface area contributed by atoms with Gasteiger partial charge in [0.2, 0.25) is 0 Å². The molecule has 0 aliphatic heterocycles. The molecule has 118 valence electrons. The third kappa shape index (κ3) is 5.84. The van der Waals surface area contributed by atoms with Crippen LogP contribution in [0.5, 0.6) is 0 Å². The van der Waals surface area contributed by atoms with Crippen molar-refractivity contribution < 1.29 is 13.9 Å². The van der Waals surface area contributed by atoms with Crippen molar-refractivity contribution in [2.24, 2.45) is 0 Å². The lowest BCUT2D eigenvalue weighted by atomic mass is 10.1. The van der Waals surface area contributed by atoms with E-state index in [2.05, 4.69) is 23.5 Å². The molecule has 3 nitrogen and oxygen atoms in total. The van der Waals surface area contributed by atoms with Gasteiger partial charge in [0.1, 0.15) is 5.82 Å². The second-order valence-electron chi connectivity index (χ2n) is 5.29. The lowest BCUT2D eigenvalue weighted by molar-refractivity contribution is 0.0595. The zero-order chi connectivity index (χ0) is 15.7. The van der Waals surface area contributed by atoms with Gasteiger partial charge in [0, 0.05) is 6.54 Å². The first-order valence-electron chi connectivity index (χ1n) is 7.71. The molecule has 0 aliphatic carbocycles. The van der Waals surface area contributed by atoms with Crippen LogP contribution in [0.3, 0.4) is 0 Å². The Kier molecular flexibility index (Phi) is 7.98. The molecule has 0 atom stereocenters. The average molecular weight is 295 g/mol. The molecule has 0 fully saturated rings. The molecule has 0 saturated carbocycles. The van der Waals surface area contributed by atoms with E-state index in [9.17, 15) is 9.18 Å². The van der Waals surface area contributed by atoms with Gasteiger partial charge >= 0.3 is 5.97 Å². The lowest BCUT2D eigenvalue weighted by Gasteiger charge is -2.22. The molecule has 0 heterocycles. The molecule has 0 aromatic heterocycles. The van der Waals surface area contributed by atoms with E-state index in [0.29, 0.717) is 0 Å². The molecular weight excluding hydrogens is 269 g/mol. The van der Waals surface area contributed by atoms with Crippen LogP contribution in [0.25, 0.3) is 0 Å². The molecular formula is C17H26FNO2. The Bertz CT molecular complexity index is 440. The van der Waals surface area contributed by atoms with Crippen molar-refractivity contribution >= 4 is 5.97 Å². The van der Waals surface area contributed by atoms with E-state index < -0.39 is 11.8 Å². The molecule has 0 amide bonds. The summed E-state index contributed by atoms with van der Waals surface area (Å²) in [5.74, 6) is -1.14. The second kappa shape index (κ2) is 9.50. The summed E-state index contributed by atoms with van der Waals surface area (Å²) in [6, 6.07) is 4.76. The van der Waals surface area contributed by atoms with E-state index in [1.54, 1.807) is 6.07 Å². The predicted molar refractivity (Wildman–Crippen MR) is 82.8 cm³/mol. The first kappa shape index (κ1) is 17.6. The highest BCUT2D eigenvalue weighted by molar-refractivity contribution is 5.89. The molecule has 1 aromatic carbocycles. The highest BCUT2D eigenvalue weighted by atomic mass is 19.1. The van der Waals surface area contributed by atoms with Crippen LogP contribution in [0.15, 0.2) is 18.2 Å². The first-order chi connectivity index (χ1) is 10.1. The van der Waals surface area contributed by atoms with Crippen molar-refractivity contribution in [2.75, 3.05) is 20.2 Å². The van der Waals surface area contributed by atoms with Crippen molar-refractivity contribution in [1.29, 1.82) is 0 Å². The quantitative estimate of drug-likeness (QED) is 0.645. The number of rotatable bonds is 9. The number of halogens is 1. The van der Waals surface area contributed by atoms with Crippen molar-refractivity contribution in [2.45, 2.75) is 46.1 Å². The van der Waals surface area contributed by atoms with Crippen LogP contribution in [-0.2, 0) is 11.3 Å². The minimum atomic E-state index is -0.632. The number of ether oxygens (including phenoxy) is 1. The maximum atomic E-state index is 13.9. The Balaban J connectivity index is 2.74. The summed E-state index contributed by atoms with van der Waals surface area (Å²) in [5.41, 5.74) is 0.891. The number of methoxy groups -OCH3 is 1. The average Bonchev–Trinajstić information content (AvgIpc) is 2.49. The number of hydrogen-bond donors (Lipinski definition) is 0. The van der Waals surface area contributed by atoms with E-state index in [1.165, 1.54) is 19.2 Å². The fourth-order valence-corrected chi connectivity index (χ4v) is 2.22. The molecule has 0 unspecified atom stereocenters. The molecule has 0 N–H and O–H groups in total. The maximum Gasteiger partial charge on any atom is 0.340 e. The van der Waals surface area contributed by atoms with E-state index in [4.69, 9.17) is 0 Å². The van der Waals surface area contributed by atoms with Gasteiger partial charge in [-0.1, -0.05) is 32.8 Å². The third-order valence-electron chi connectivity index (χ3n) is 3.50. The van der Waals surface area contributed by atoms with Crippen molar-refractivity contribution in [3.8, 4) is 0 Å². The normalized spacial score (nSPS) is 10.9. The van der Waals surface area contributed by atoms with Gasteiger partial charge in [-0.2, -0.15) is 0 Å². The summed E-state index contributed by atoms with van der Waals surface area (Å²) in [5, 5.41) is 0. The number of nitrogens with zero attached hydrogens (tertiary/aromatic N) is 1. The number of esters is 1. The third-order valence-corrected chi connectivity index (χ3v) is 3.50. The molecule has 0 bridgehead atoms. The van der Waals surface area contributed by atoms with Crippen LogP contribution in [0.4, 0.5) is 4.39 Å². The van der Waals surface area contributed by atoms with E-state index in [1.807, 2.05) is 0 Å². The van der Waals surface area contributed by atoms with Crippen LogP contribution >= 0.6 is 0 Å². The predicted octanol–water partition coefficient (Wildman–Crippen LogP) is 4.01. The minimum Gasteiger partial charge on any atom is -0.465 e. The fourth-order valence-electron chi connectivity index (χ4n) is 2.22. The first-order valence-corrected chi connectivity index (χ1v) is 7.71. The number of hydrogen-bond acceptors (Lipinski definition) is 3. The van der Waals surface area contributed by atoms with Gasteiger partial charge in [-0.25, -0.2) is 9.18 Å². The summed E-state index contributed by atoms with van der Waals surface area (Å²) in [6.07, 6.45) is 4.59. The molecule has 1 aromatic rings. The molecule has 4 heteroatoms. The largest absolute Gasteiger partial charge is 0.465 e. The Labute approximate surface area is 127 Å². The molecule has 0 aliphatic rings. The Morgan fingerprint density at radius 1 is 1.19 bits per heavy atom. The van der Waals surface area contributed by atoms with Gasteiger partial charge in [0.25, 0.3) is 0 Å². The van der Waals surface area contributed by atoms with E-state index >= 15 is 0 Å². The van der Waals surface area contributed by atoms with Crippen LogP contribution in [0.2, 0.25) is 0 Å². The SMILES string of the molecule is CCCCN(CCCC)Cc1ccc(C(=O)OC)c(F)c1. The van der Waals surface area contributed by atoms with Crippen molar-refractivity contribution in [3.63, 3.8) is 0 Å². The molecule has 1 rings (SSSR count). The molecule has 21 heavy (non-hydrogen) atoms. The molecule has 0 radical (unpaired) electrons.